The number of hydrogen-bond acceptors (Lipinski definition) is 4. The normalized spacial score (nSPS) is 16.2. The third-order valence-corrected chi connectivity index (χ3v) is 4.86. The fourth-order valence-electron chi connectivity index (χ4n) is 3.01. The highest BCUT2D eigenvalue weighted by Gasteiger charge is 2.22. The molecule has 2 aromatic carbocycles. The van der Waals surface area contributed by atoms with E-state index in [-0.39, 0.29) is 12.0 Å². The number of hydrogen-bond donors (Lipinski definition) is 1. The summed E-state index contributed by atoms with van der Waals surface area (Å²) < 4.78 is 18.2. The minimum Gasteiger partial charge on any atom is -0.494 e. The first kappa shape index (κ1) is 19.5. The molecule has 0 saturated heterocycles. The number of carbonyl (C=O) groups excluding carboxylic acids is 1. The number of carbonyl (C=O) groups is 1. The number of rotatable bonds is 7. The number of fused-ring (bicyclic) bond motifs is 1. The van der Waals surface area contributed by atoms with Crippen LogP contribution in [-0.4, -0.2) is 24.7 Å². The van der Waals surface area contributed by atoms with Crippen LogP contribution in [0.25, 0.3) is 0 Å². The molecule has 144 valence electrons. The van der Waals surface area contributed by atoms with E-state index in [0.717, 1.165) is 33.5 Å². The summed E-state index contributed by atoms with van der Waals surface area (Å²) in [6.45, 7) is 6.65. The van der Waals surface area contributed by atoms with Gasteiger partial charge < -0.3 is 19.5 Å². The molecule has 0 aliphatic carbocycles. The second kappa shape index (κ2) is 8.65. The highest BCUT2D eigenvalue weighted by Crippen LogP contribution is 2.35. The second-order valence-electron chi connectivity index (χ2n) is 6.57. The van der Waals surface area contributed by atoms with Crippen LogP contribution in [0, 0.1) is 0 Å². The Morgan fingerprint density at radius 3 is 2.78 bits per heavy atom. The van der Waals surface area contributed by atoms with Gasteiger partial charge in [-0.05, 0) is 57.2 Å². The first-order valence-electron chi connectivity index (χ1n) is 9.11. The Labute approximate surface area is 168 Å². The maximum atomic E-state index is 12.4. The average Bonchev–Trinajstić information content (AvgIpc) is 3.00. The maximum absolute atomic E-state index is 12.4. The Bertz CT molecular complexity index is 807. The molecule has 1 aliphatic rings. The van der Waals surface area contributed by atoms with Gasteiger partial charge in [-0.15, -0.1) is 0 Å². The van der Waals surface area contributed by atoms with E-state index in [9.17, 15) is 4.79 Å². The highest BCUT2D eigenvalue weighted by molar-refractivity contribution is 9.10. The number of ether oxygens (including phenoxy) is 3. The van der Waals surface area contributed by atoms with Crippen molar-refractivity contribution in [2.24, 2.45) is 0 Å². The number of nitrogens with one attached hydrogen (secondary N) is 1. The lowest BCUT2D eigenvalue weighted by Crippen LogP contribution is -2.36. The lowest BCUT2D eigenvalue weighted by Gasteiger charge is -2.17. The van der Waals surface area contributed by atoms with Crippen LogP contribution in [-0.2, 0) is 17.8 Å². The van der Waals surface area contributed by atoms with Gasteiger partial charge in [0.1, 0.15) is 23.4 Å². The van der Waals surface area contributed by atoms with Crippen molar-refractivity contribution < 1.29 is 19.0 Å². The van der Waals surface area contributed by atoms with E-state index in [1.807, 2.05) is 50.2 Å². The van der Waals surface area contributed by atoms with E-state index in [2.05, 4.69) is 21.2 Å². The predicted molar refractivity (Wildman–Crippen MR) is 107 cm³/mol. The van der Waals surface area contributed by atoms with Gasteiger partial charge in [0.15, 0.2) is 6.10 Å². The smallest absolute Gasteiger partial charge is 0.261 e. The molecule has 2 atom stereocenters. The van der Waals surface area contributed by atoms with E-state index in [4.69, 9.17) is 14.2 Å². The lowest BCUT2D eigenvalue weighted by atomic mass is 10.1. The van der Waals surface area contributed by atoms with Gasteiger partial charge in [0.25, 0.3) is 5.91 Å². The van der Waals surface area contributed by atoms with E-state index in [0.29, 0.717) is 18.9 Å². The molecule has 2 aromatic rings. The quantitative estimate of drug-likeness (QED) is 0.708. The van der Waals surface area contributed by atoms with Crippen molar-refractivity contribution in [3.05, 3.63) is 52.0 Å². The van der Waals surface area contributed by atoms with Gasteiger partial charge in [0.2, 0.25) is 0 Å². The standard InChI is InChI=1S/C21H24BrNO4/c1-4-25-19-10-15-9-13(2)26-20(15)11-16(19)12-23-21(24)14(3)27-18-7-5-17(22)6-8-18/h5-8,10-11,13-14H,4,9,12H2,1-3H3,(H,23,24). The molecule has 2 unspecified atom stereocenters. The van der Waals surface area contributed by atoms with Crippen molar-refractivity contribution in [3.8, 4) is 17.2 Å². The Balaban J connectivity index is 1.64. The van der Waals surface area contributed by atoms with E-state index in [1.165, 1.54) is 0 Å². The fraction of sp³-hybridized carbons (Fsp3) is 0.381. The van der Waals surface area contributed by atoms with Crippen LogP contribution in [0.5, 0.6) is 17.2 Å². The number of halogens is 1. The summed E-state index contributed by atoms with van der Waals surface area (Å²) in [6.07, 6.45) is 0.436. The van der Waals surface area contributed by atoms with Gasteiger partial charge in [0.05, 0.1) is 6.61 Å². The fourth-order valence-corrected chi connectivity index (χ4v) is 3.27. The van der Waals surface area contributed by atoms with Gasteiger partial charge >= 0.3 is 0 Å². The van der Waals surface area contributed by atoms with E-state index in [1.54, 1.807) is 6.92 Å². The molecule has 6 heteroatoms. The molecule has 1 N–H and O–H groups in total. The summed E-state index contributed by atoms with van der Waals surface area (Å²) in [5.41, 5.74) is 2.04. The Kier molecular flexibility index (Phi) is 6.26. The van der Waals surface area contributed by atoms with Crippen molar-refractivity contribution in [3.63, 3.8) is 0 Å². The van der Waals surface area contributed by atoms with Gasteiger partial charge in [-0.1, -0.05) is 15.9 Å². The molecule has 0 spiro atoms. The summed E-state index contributed by atoms with van der Waals surface area (Å²) in [5, 5.41) is 2.92. The molecule has 3 rings (SSSR count). The Hall–Kier alpha value is -2.21. The zero-order chi connectivity index (χ0) is 19.4. The third kappa shape index (κ3) is 4.95. The molecular weight excluding hydrogens is 410 g/mol. The second-order valence-corrected chi connectivity index (χ2v) is 7.48. The minimum atomic E-state index is -0.604. The van der Waals surface area contributed by atoms with Crippen molar-refractivity contribution >= 4 is 21.8 Å². The minimum absolute atomic E-state index is 0.165. The molecule has 27 heavy (non-hydrogen) atoms. The molecule has 0 fully saturated rings. The summed E-state index contributed by atoms with van der Waals surface area (Å²) in [4.78, 5) is 12.4. The molecule has 0 aromatic heterocycles. The molecule has 5 nitrogen and oxygen atoms in total. The van der Waals surface area contributed by atoms with Gasteiger partial charge in [-0.25, -0.2) is 0 Å². The molecule has 1 heterocycles. The molecule has 0 saturated carbocycles. The van der Waals surface area contributed by atoms with Crippen molar-refractivity contribution in [2.75, 3.05) is 6.61 Å². The van der Waals surface area contributed by atoms with Crippen molar-refractivity contribution in [1.82, 2.24) is 5.32 Å². The van der Waals surface area contributed by atoms with Crippen LogP contribution >= 0.6 is 15.9 Å². The molecule has 0 radical (unpaired) electrons. The summed E-state index contributed by atoms with van der Waals surface area (Å²) >= 11 is 3.38. The van der Waals surface area contributed by atoms with Crippen molar-refractivity contribution in [1.29, 1.82) is 0 Å². The topological polar surface area (TPSA) is 56.8 Å². The molecule has 1 amide bonds. The molecule has 0 bridgehead atoms. The Morgan fingerprint density at radius 1 is 1.33 bits per heavy atom. The number of benzene rings is 2. The summed E-state index contributed by atoms with van der Waals surface area (Å²) in [6, 6.07) is 11.4. The van der Waals surface area contributed by atoms with Crippen molar-refractivity contribution in [2.45, 2.75) is 45.9 Å². The first-order chi connectivity index (χ1) is 13.0. The SMILES string of the molecule is CCOc1cc2c(cc1CNC(=O)C(C)Oc1ccc(Br)cc1)OC(C)C2. The van der Waals surface area contributed by atoms with Crippen LogP contribution in [0.1, 0.15) is 31.9 Å². The monoisotopic (exact) mass is 433 g/mol. The molecular formula is C21H24BrNO4. The average molecular weight is 434 g/mol. The number of amides is 1. The zero-order valence-corrected chi connectivity index (χ0v) is 17.3. The highest BCUT2D eigenvalue weighted by atomic mass is 79.9. The van der Waals surface area contributed by atoms with Gasteiger partial charge in [0, 0.05) is 28.6 Å². The van der Waals surface area contributed by atoms with E-state index < -0.39 is 6.10 Å². The van der Waals surface area contributed by atoms with Crippen LogP contribution < -0.4 is 19.5 Å². The Morgan fingerprint density at radius 2 is 2.07 bits per heavy atom. The van der Waals surface area contributed by atoms with E-state index >= 15 is 0 Å². The van der Waals surface area contributed by atoms with Crippen LogP contribution in [0.15, 0.2) is 40.9 Å². The maximum Gasteiger partial charge on any atom is 0.261 e. The first-order valence-corrected chi connectivity index (χ1v) is 9.90. The zero-order valence-electron chi connectivity index (χ0n) is 15.8. The van der Waals surface area contributed by atoms with Gasteiger partial charge in [-0.2, -0.15) is 0 Å². The van der Waals surface area contributed by atoms with Crippen LogP contribution in [0.2, 0.25) is 0 Å². The largest absolute Gasteiger partial charge is 0.494 e. The van der Waals surface area contributed by atoms with Crippen LogP contribution in [0.4, 0.5) is 0 Å². The summed E-state index contributed by atoms with van der Waals surface area (Å²) in [5.74, 6) is 2.12. The van der Waals surface area contributed by atoms with Crippen LogP contribution in [0.3, 0.4) is 0 Å². The lowest BCUT2D eigenvalue weighted by molar-refractivity contribution is -0.127. The molecule has 1 aliphatic heterocycles. The third-order valence-electron chi connectivity index (χ3n) is 4.33. The van der Waals surface area contributed by atoms with Gasteiger partial charge in [-0.3, -0.25) is 4.79 Å². The summed E-state index contributed by atoms with van der Waals surface area (Å²) in [7, 11) is 0. The predicted octanol–water partition coefficient (Wildman–Crippen LogP) is 4.25.